The molecule has 1 atom stereocenters. The summed E-state index contributed by atoms with van der Waals surface area (Å²) in [4.78, 5) is 4.68. The second kappa shape index (κ2) is 5.59. The maximum Gasteiger partial charge on any atom is 0.126 e. The van der Waals surface area contributed by atoms with E-state index < -0.39 is 5.60 Å². The molecular weight excluding hydrogens is 286 g/mol. The van der Waals surface area contributed by atoms with Crippen LogP contribution in [0.5, 0.6) is 0 Å². The number of benzene rings is 1. The Hall–Kier alpha value is -1.10. The molecular formula is C16H22ClN3O. The number of nitrogens with one attached hydrogen (secondary N) is 1. The van der Waals surface area contributed by atoms with Crippen LogP contribution in [0.1, 0.15) is 44.5 Å². The molecule has 0 saturated heterocycles. The van der Waals surface area contributed by atoms with E-state index in [9.17, 15) is 5.11 Å². The first-order valence-corrected chi connectivity index (χ1v) is 7.94. The third-order valence-corrected chi connectivity index (χ3v) is 4.77. The van der Waals surface area contributed by atoms with Gasteiger partial charge in [-0.25, -0.2) is 4.98 Å². The summed E-state index contributed by atoms with van der Waals surface area (Å²) in [5, 5.41) is 14.6. The van der Waals surface area contributed by atoms with Crippen LogP contribution in [-0.2, 0) is 7.05 Å². The molecule has 1 aliphatic carbocycles. The molecule has 2 N–H and O–H groups in total. The van der Waals surface area contributed by atoms with Gasteiger partial charge in [0.1, 0.15) is 5.82 Å². The Morgan fingerprint density at radius 1 is 1.43 bits per heavy atom. The molecule has 0 aliphatic heterocycles. The van der Waals surface area contributed by atoms with Crippen LogP contribution in [0.3, 0.4) is 0 Å². The highest BCUT2D eigenvalue weighted by atomic mass is 35.5. The molecule has 114 valence electrons. The number of hydrogen-bond donors (Lipinski definition) is 2. The third-order valence-electron chi connectivity index (χ3n) is 4.54. The molecule has 21 heavy (non-hydrogen) atoms. The average Bonchev–Trinajstić information content (AvgIpc) is 3.02. The highest BCUT2D eigenvalue weighted by Gasteiger charge is 2.31. The van der Waals surface area contributed by atoms with Crippen molar-refractivity contribution in [2.45, 2.75) is 44.2 Å². The third kappa shape index (κ3) is 2.93. The van der Waals surface area contributed by atoms with Gasteiger partial charge in [-0.1, -0.05) is 24.4 Å². The number of nitrogens with zero attached hydrogens (tertiary/aromatic N) is 2. The van der Waals surface area contributed by atoms with Crippen molar-refractivity contribution >= 4 is 22.6 Å². The molecule has 1 fully saturated rings. The van der Waals surface area contributed by atoms with Gasteiger partial charge >= 0.3 is 0 Å². The van der Waals surface area contributed by atoms with E-state index in [4.69, 9.17) is 11.6 Å². The highest BCUT2D eigenvalue weighted by molar-refractivity contribution is 6.31. The molecule has 1 aliphatic rings. The number of fused-ring (bicyclic) bond motifs is 1. The van der Waals surface area contributed by atoms with Gasteiger partial charge in [-0.3, -0.25) is 0 Å². The molecule has 1 unspecified atom stereocenters. The van der Waals surface area contributed by atoms with E-state index in [1.54, 1.807) is 0 Å². The van der Waals surface area contributed by atoms with Crippen molar-refractivity contribution in [3.63, 3.8) is 0 Å². The SMILES string of the molecule is CC(NCC1(O)CCCC1)c1nc2ccc(Cl)cc2n1C. The number of halogens is 1. The molecule has 0 spiro atoms. The Balaban J connectivity index is 1.78. The van der Waals surface area contributed by atoms with Crippen LogP contribution >= 0.6 is 11.6 Å². The van der Waals surface area contributed by atoms with Crippen molar-refractivity contribution in [2.75, 3.05) is 6.54 Å². The van der Waals surface area contributed by atoms with Crippen molar-refractivity contribution in [1.82, 2.24) is 14.9 Å². The Labute approximate surface area is 130 Å². The average molecular weight is 308 g/mol. The number of aromatic nitrogens is 2. The molecule has 2 aromatic rings. The molecule has 5 heteroatoms. The predicted octanol–water partition coefficient (Wildman–Crippen LogP) is 3.18. The quantitative estimate of drug-likeness (QED) is 0.912. The molecule has 1 heterocycles. The van der Waals surface area contributed by atoms with E-state index in [0.29, 0.717) is 6.54 Å². The minimum atomic E-state index is -0.540. The molecule has 0 radical (unpaired) electrons. The van der Waals surface area contributed by atoms with Gasteiger partial charge in [-0.2, -0.15) is 0 Å². The maximum absolute atomic E-state index is 10.4. The van der Waals surface area contributed by atoms with E-state index >= 15 is 0 Å². The monoisotopic (exact) mass is 307 g/mol. The summed E-state index contributed by atoms with van der Waals surface area (Å²) >= 11 is 6.06. The maximum atomic E-state index is 10.4. The summed E-state index contributed by atoms with van der Waals surface area (Å²) in [6, 6.07) is 5.83. The van der Waals surface area contributed by atoms with Gasteiger partial charge in [0.15, 0.2) is 0 Å². The van der Waals surface area contributed by atoms with Crippen molar-refractivity contribution in [3.05, 3.63) is 29.0 Å². The Morgan fingerprint density at radius 2 is 2.14 bits per heavy atom. The van der Waals surface area contributed by atoms with Gasteiger partial charge in [-0.05, 0) is 38.0 Å². The van der Waals surface area contributed by atoms with E-state index in [1.807, 2.05) is 25.2 Å². The summed E-state index contributed by atoms with van der Waals surface area (Å²) in [5.41, 5.74) is 1.44. The van der Waals surface area contributed by atoms with E-state index in [1.165, 1.54) is 0 Å². The molecule has 0 amide bonds. The number of aliphatic hydroxyl groups is 1. The standard InChI is InChI=1S/C16H22ClN3O/c1-11(18-10-16(21)7-3-4-8-16)15-19-13-6-5-12(17)9-14(13)20(15)2/h5-6,9,11,18,21H,3-4,7-8,10H2,1-2H3. The molecule has 4 nitrogen and oxygen atoms in total. The zero-order chi connectivity index (χ0) is 15.0. The minimum absolute atomic E-state index is 0.0887. The Kier molecular flexibility index (Phi) is 3.95. The lowest BCUT2D eigenvalue weighted by Gasteiger charge is -2.25. The van der Waals surface area contributed by atoms with Crippen molar-refractivity contribution in [2.24, 2.45) is 7.05 Å². The van der Waals surface area contributed by atoms with Crippen molar-refractivity contribution in [3.8, 4) is 0 Å². The lowest BCUT2D eigenvalue weighted by molar-refractivity contribution is 0.0450. The molecule has 1 aromatic heterocycles. The number of aryl methyl sites for hydroxylation is 1. The first-order valence-electron chi connectivity index (χ1n) is 7.56. The Bertz CT molecular complexity index is 646. The highest BCUT2D eigenvalue weighted by Crippen LogP contribution is 2.29. The normalized spacial score (nSPS) is 19.2. The number of hydrogen-bond acceptors (Lipinski definition) is 3. The van der Waals surface area contributed by atoms with Crippen molar-refractivity contribution in [1.29, 1.82) is 0 Å². The largest absolute Gasteiger partial charge is 0.389 e. The zero-order valence-corrected chi connectivity index (χ0v) is 13.3. The van der Waals surface area contributed by atoms with Gasteiger partial charge in [-0.15, -0.1) is 0 Å². The van der Waals surface area contributed by atoms with Gasteiger partial charge in [0.25, 0.3) is 0 Å². The summed E-state index contributed by atoms with van der Waals surface area (Å²) in [6.07, 6.45) is 4.03. The fourth-order valence-electron chi connectivity index (χ4n) is 3.21. The van der Waals surface area contributed by atoms with Crippen LogP contribution in [0, 0.1) is 0 Å². The fraction of sp³-hybridized carbons (Fsp3) is 0.562. The number of rotatable bonds is 4. The zero-order valence-electron chi connectivity index (χ0n) is 12.6. The smallest absolute Gasteiger partial charge is 0.126 e. The van der Waals surface area contributed by atoms with Crippen LogP contribution in [-0.4, -0.2) is 26.8 Å². The van der Waals surface area contributed by atoms with E-state index in [0.717, 1.165) is 47.6 Å². The summed E-state index contributed by atoms with van der Waals surface area (Å²) in [6.45, 7) is 2.71. The van der Waals surface area contributed by atoms with Gasteiger partial charge in [0.2, 0.25) is 0 Å². The van der Waals surface area contributed by atoms with Gasteiger partial charge in [0, 0.05) is 18.6 Å². The fourth-order valence-corrected chi connectivity index (χ4v) is 3.38. The van der Waals surface area contributed by atoms with E-state index in [2.05, 4.69) is 21.8 Å². The predicted molar refractivity (Wildman–Crippen MR) is 85.6 cm³/mol. The lowest BCUT2D eigenvalue weighted by Crippen LogP contribution is -2.39. The second-order valence-electron chi connectivity index (χ2n) is 6.20. The summed E-state index contributed by atoms with van der Waals surface area (Å²) in [7, 11) is 2.00. The molecule has 1 aromatic carbocycles. The summed E-state index contributed by atoms with van der Waals surface area (Å²) in [5.74, 6) is 0.967. The van der Waals surface area contributed by atoms with Gasteiger partial charge < -0.3 is 15.0 Å². The van der Waals surface area contributed by atoms with Crippen LogP contribution < -0.4 is 5.32 Å². The Morgan fingerprint density at radius 3 is 2.86 bits per heavy atom. The molecule has 1 saturated carbocycles. The first kappa shape index (κ1) is 14.8. The molecule has 0 bridgehead atoms. The first-order chi connectivity index (χ1) is 9.98. The lowest BCUT2D eigenvalue weighted by atomic mass is 10.0. The van der Waals surface area contributed by atoms with Gasteiger partial charge in [0.05, 0.1) is 22.7 Å². The second-order valence-corrected chi connectivity index (χ2v) is 6.63. The van der Waals surface area contributed by atoms with E-state index in [-0.39, 0.29) is 6.04 Å². The van der Waals surface area contributed by atoms with Crippen LogP contribution in [0.4, 0.5) is 0 Å². The topological polar surface area (TPSA) is 50.1 Å². The molecule has 3 rings (SSSR count). The minimum Gasteiger partial charge on any atom is -0.389 e. The number of imidazole rings is 1. The van der Waals surface area contributed by atoms with Crippen LogP contribution in [0.15, 0.2) is 18.2 Å². The van der Waals surface area contributed by atoms with Crippen LogP contribution in [0.2, 0.25) is 5.02 Å². The van der Waals surface area contributed by atoms with Crippen LogP contribution in [0.25, 0.3) is 11.0 Å². The summed E-state index contributed by atoms with van der Waals surface area (Å²) < 4.78 is 2.07. The van der Waals surface area contributed by atoms with Crippen molar-refractivity contribution < 1.29 is 5.11 Å².